The van der Waals surface area contributed by atoms with E-state index in [4.69, 9.17) is 9.47 Å². The van der Waals surface area contributed by atoms with Gasteiger partial charge in [0.2, 0.25) is 0 Å². The lowest BCUT2D eigenvalue weighted by Gasteiger charge is -2.04. The van der Waals surface area contributed by atoms with Gasteiger partial charge in [0.1, 0.15) is 0 Å². The molecule has 2 nitrogen and oxygen atoms in total. The molecule has 0 radical (unpaired) electrons. The van der Waals surface area contributed by atoms with Crippen molar-refractivity contribution in [1.82, 2.24) is 0 Å². The molecule has 2 heteroatoms. The zero-order valence-corrected chi connectivity index (χ0v) is 13.7. The molecule has 0 fully saturated rings. The molecule has 0 aliphatic rings. The summed E-state index contributed by atoms with van der Waals surface area (Å²) >= 11 is 0. The summed E-state index contributed by atoms with van der Waals surface area (Å²) in [6, 6.07) is 16.6. The van der Waals surface area contributed by atoms with Gasteiger partial charge in [0.25, 0.3) is 0 Å². The smallest absolute Gasteiger partial charge is 0.0717 e. The zero-order chi connectivity index (χ0) is 16.3. The summed E-state index contributed by atoms with van der Waals surface area (Å²) in [5.41, 5.74) is 4.69. The molecule has 2 aromatic carbocycles. The standard InChI is InChI=1S/C21H24O2/c1-3-18-9-6-12-21(14-18)17-23-13-5-4-8-19-10-7-11-20(15-19)16-22-2/h3-4,6-12,14-15H,1,5,13,16-17H2,2H3/b8-4+. The Morgan fingerprint density at radius 1 is 0.957 bits per heavy atom. The maximum absolute atomic E-state index is 5.71. The molecule has 0 spiro atoms. The predicted molar refractivity (Wildman–Crippen MR) is 97.0 cm³/mol. The second kappa shape index (κ2) is 9.78. The quantitative estimate of drug-likeness (QED) is 0.600. The van der Waals surface area contributed by atoms with E-state index in [1.807, 2.05) is 18.2 Å². The lowest BCUT2D eigenvalue weighted by atomic mass is 10.1. The van der Waals surface area contributed by atoms with Crippen molar-refractivity contribution in [3.63, 3.8) is 0 Å². The number of rotatable bonds is 9. The summed E-state index contributed by atoms with van der Waals surface area (Å²) in [7, 11) is 1.71. The minimum absolute atomic E-state index is 0.638. The Labute approximate surface area is 139 Å². The molecule has 0 unspecified atom stereocenters. The van der Waals surface area contributed by atoms with Crippen LogP contribution in [-0.2, 0) is 22.7 Å². The zero-order valence-electron chi connectivity index (χ0n) is 13.7. The Hall–Kier alpha value is -2.16. The maximum atomic E-state index is 5.71. The van der Waals surface area contributed by atoms with Crippen LogP contribution >= 0.6 is 0 Å². The van der Waals surface area contributed by atoms with E-state index in [-0.39, 0.29) is 0 Å². The average Bonchev–Trinajstić information content (AvgIpc) is 2.59. The first-order valence-electron chi connectivity index (χ1n) is 7.85. The second-order valence-electron chi connectivity index (χ2n) is 5.37. The Balaban J connectivity index is 1.72. The molecular weight excluding hydrogens is 284 g/mol. The van der Waals surface area contributed by atoms with E-state index in [9.17, 15) is 0 Å². The highest BCUT2D eigenvalue weighted by molar-refractivity contribution is 5.50. The van der Waals surface area contributed by atoms with Crippen LogP contribution in [0.1, 0.15) is 28.7 Å². The fourth-order valence-electron chi connectivity index (χ4n) is 2.32. The third kappa shape index (κ3) is 6.23. The molecule has 0 aromatic heterocycles. The van der Waals surface area contributed by atoms with Crippen molar-refractivity contribution in [2.75, 3.05) is 13.7 Å². The van der Waals surface area contributed by atoms with Crippen LogP contribution in [0.4, 0.5) is 0 Å². The number of hydrogen-bond donors (Lipinski definition) is 0. The van der Waals surface area contributed by atoms with E-state index in [1.54, 1.807) is 7.11 Å². The highest BCUT2D eigenvalue weighted by Crippen LogP contribution is 2.10. The van der Waals surface area contributed by atoms with Crippen molar-refractivity contribution >= 4 is 12.2 Å². The van der Waals surface area contributed by atoms with Gasteiger partial charge in [-0.25, -0.2) is 0 Å². The highest BCUT2D eigenvalue weighted by Gasteiger charge is 1.95. The van der Waals surface area contributed by atoms with Gasteiger partial charge >= 0.3 is 0 Å². The minimum atomic E-state index is 0.638. The first kappa shape index (κ1) is 17.2. The molecule has 23 heavy (non-hydrogen) atoms. The molecule has 0 amide bonds. The van der Waals surface area contributed by atoms with Crippen molar-refractivity contribution in [3.8, 4) is 0 Å². The molecule has 2 aromatic rings. The molecular formula is C21H24O2. The summed E-state index contributed by atoms with van der Waals surface area (Å²) in [6.45, 7) is 5.78. The number of ether oxygens (including phenoxy) is 2. The average molecular weight is 308 g/mol. The number of methoxy groups -OCH3 is 1. The Morgan fingerprint density at radius 2 is 1.65 bits per heavy atom. The van der Waals surface area contributed by atoms with E-state index < -0.39 is 0 Å². The summed E-state index contributed by atoms with van der Waals surface area (Å²) in [5.74, 6) is 0. The van der Waals surface area contributed by atoms with Gasteiger partial charge in [-0.15, -0.1) is 0 Å². The normalized spacial score (nSPS) is 11.0. The van der Waals surface area contributed by atoms with Gasteiger partial charge in [0.05, 0.1) is 19.8 Å². The molecule has 0 aliphatic heterocycles. The number of benzene rings is 2. The van der Waals surface area contributed by atoms with Gasteiger partial charge in [-0.2, -0.15) is 0 Å². The topological polar surface area (TPSA) is 18.5 Å². The van der Waals surface area contributed by atoms with Crippen LogP contribution in [0.2, 0.25) is 0 Å². The Kier molecular flexibility index (Phi) is 7.31. The second-order valence-corrected chi connectivity index (χ2v) is 5.37. The first-order chi connectivity index (χ1) is 11.3. The van der Waals surface area contributed by atoms with Crippen molar-refractivity contribution in [2.45, 2.75) is 19.6 Å². The molecule has 0 saturated carbocycles. The molecule has 0 heterocycles. The fraction of sp³-hybridized carbons (Fsp3) is 0.238. The van der Waals surface area contributed by atoms with Gasteiger partial charge in [-0.3, -0.25) is 0 Å². The Morgan fingerprint density at radius 3 is 2.39 bits per heavy atom. The van der Waals surface area contributed by atoms with E-state index in [0.717, 1.165) is 12.0 Å². The SMILES string of the molecule is C=Cc1cccc(COCC/C=C/c2cccc(COC)c2)c1. The lowest BCUT2D eigenvalue weighted by molar-refractivity contribution is 0.125. The number of hydrogen-bond acceptors (Lipinski definition) is 2. The predicted octanol–water partition coefficient (Wildman–Crippen LogP) is 5.10. The van der Waals surface area contributed by atoms with E-state index in [0.29, 0.717) is 19.8 Å². The largest absolute Gasteiger partial charge is 0.380 e. The van der Waals surface area contributed by atoms with Gasteiger partial charge in [-0.05, 0) is 40.8 Å². The minimum Gasteiger partial charge on any atom is -0.380 e. The lowest BCUT2D eigenvalue weighted by Crippen LogP contribution is -1.94. The van der Waals surface area contributed by atoms with Crippen molar-refractivity contribution in [2.24, 2.45) is 0 Å². The van der Waals surface area contributed by atoms with Crippen molar-refractivity contribution in [1.29, 1.82) is 0 Å². The van der Waals surface area contributed by atoms with Crippen LogP contribution < -0.4 is 0 Å². The summed E-state index contributed by atoms with van der Waals surface area (Å²) in [5, 5.41) is 0. The molecule has 0 bridgehead atoms. The van der Waals surface area contributed by atoms with Crippen LogP contribution in [0.15, 0.2) is 61.2 Å². The van der Waals surface area contributed by atoms with Gasteiger partial charge in [0, 0.05) is 7.11 Å². The van der Waals surface area contributed by atoms with Crippen LogP contribution in [0, 0.1) is 0 Å². The van der Waals surface area contributed by atoms with E-state index >= 15 is 0 Å². The van der Waals surface area contributed by atoms with Gasteiger partial charge in [0.15, 0.2) is 0 Å². The van der Waals surface area contributed by atoms with Gasteiger partial charge < -0.3 is 9.47 Å². The van der Waals surface area contributed by atoms with Crippen molar-refractivity contribution in [3.05, 3.63) is 83.4 Å². The first-order valence-corrected chi connectivity index (χ1v) is 7.85. The van der Waals surface area contributed by atoms with Crippen molar-refractivity contribution < 1.29 is 9.47 Å². The van der Waals surface area contributed by atoms with Crippen LogP contribution in [0.25, 0.3) is 12.2 Å². The molecule has 0 aliphatic carbocycles. The fourth-order valence-corrected chi connectivity index (χ4v) is 2.32. The van der Waals surface area contributed by atoms with Crippen LogP contribution in [0.3, 0.4) is 0 Å². The summed E-state index contributed by atoms with van der Waals surface area (Å²) < 4.78 is 10.9. The third-order valence-electron chi connectivity index (χ3n) is 3.46. The summed E-state index contributed by atoms with van der Waals surface area (Å²) in [6.07, 6.45) is 7.02. The van der Waals surface area contributed by atoms with Gasteiger partial charge in [-0.1, -0.05) is 61.2 Å². The van der Waals surface area contributed by atoms with Crippen LogP contribution in [0.5, 0.6) is 0 Å². The molecule has 2 rings (SSSR count). The highest BCUT2D eigenvalue weighted by atomic mass is 16.5. The molecule has 0 saturated heterocycles. The maximum Gasteiger partial charge on any atom is 0.0717 e. The third-order valence-corrected chi connectivity index (χ3v) is 3.46. The van der Waals surface area contributed by atoms with E-state index in [2.05, 4.69) is 55.1 Å². The Bertz CT molecular complexity index is 644. The van der Waals surface area contributed by atoms with Crippen LogP contribution in [-0.4, -0.2) is 13.7 Å². The molecule has 0 atom stereocenters. The summed E-state index contributed by atoms with van der Waals surface area (Å²) in [4.78, 5) is 0. The molecule has 0 N–H and O–H groups in total. The monoisotopic (exact) mass is 308 g/mol. The molecule has 120 valence electrons. The van der Waals surface area contributed by atoms with E-state index in [1.165, 1.54) is 16.7 Å².